The summed E-state index contributed by atoms with van der Waals surface area (Å²) in [6.07, 6.45) is 8.01. The number of hydrogen-bond donors (Lipinski definition) is 0. The molecule has 3 aromatic rings. The van der Waals surface area contributed by atoms with Crippen molar-refractivity contribution in [2.45, 2.75) is 71.6 Å². The second-order valence-corrected chi connectivity index (χ2v) is 10.8. The lowest BCUT2D eigenvalue weighted by molar-refractivity contribution is 0.0122. The second kappa shape index (κ2) is 12.0. The molecule has 1 fully saturated rings. The number of carbonyl (C=O) groups is 1. The number of amides is 1. The Morgan fingerprint density at radius 3 is 2.33 bits per heavy atom. The summed E-state index contributed by atoms with van der Waals surface area (Å²) in [6, 6.07) is 5.69. The van der Waals surface area contributed by atoms with Crippen LogP contribution in [0.2, 0.25) is 0 Å². The lowest BCUT2D eigenvalue weighted by Gasteiger charge is -2.34. The van der Waals surface area contributed by atoms with Crippen molar-refractivity contribution in [2.24, 2.45) is 0 Å². The Hall–Kier alpha value is -3.75. The first kappa shape index (κ1) is 28.3. The number of rotatable bonds is 8. The number of ether oxygens (including phenoxy) is 4. The largest absolute Gasteiger partial charge is 0.493 e. The lowest BCUT2D eigenvalue weighted by atomic mass is 10.0. The number of methoxy groups -OCH3 is 2. The average Bonchev–Trinajstić information content (AvgIpc) is 2.92. The summed E-state index contributed by atoms with van der Waals surface area (Å²) >= 11 is 0. The van der Waals surface area contributed by atoms with Crippen LogP contribution in [0, 0.1) is 0 Å². The standard InChI is InChI=1S/C30H39N3O6/c1-7-8-13-33-19-24(22-9-12-31-18-23(22)28(33)34)20-16-25(36-5)27(26(17-20)37-6)38-21-10-14-32(15-11-21)29(35)39-30(2,3)4/h9,12,16-19,21H,7-8,10-11,13-15H2,1-6H3. The number of aryl methyl sites for hydroxylation is 1. The highest BCUT2D eigenvalue weighted by Gasteiger charge is 2.29. The van der Waals surface area contributed by atoms with Crippen molar-refractivity contribution in [3.63, 3.8) is 0 Å². The predicted octanol–water partition coefficient (Wildman–Crippen LogP) is 5.66. The Bertz CT molecular complexity index is 1340. The molecule has 0 unspecified atom stereocenters. The Kier molecular flexibility index (Phi) is 8.67. The molecule has 0 bridgehead atoms. The number of piperidine rings is 1. The number of hydrogen-bond acceptors (Lipinski definition) is 7. The van der Waals surface area contributed by atoms with Crippen molar-refractivity contribution in [3.05, 3.63) is 47.1 Å². The van der Waals surface area contributed by atoms with E-state index in [4.69, 9.17) is 18.9 Å². The fourth-order valence-electron chi connectivity index (χ4n) is 4.76. The number of nitrogens with zero attached hydrogens (tertiary/aromatic N) is 3. The molecular weight excluding hydrogens is 498 g/mol. The summed E-state index contributed by atoms with van der Waals surface area (Å²) in [5.41, 5.74) is 1.15. The van der Waals surface area contributed by atoms with E-state index in [1.165, 1.54) is 0 Å². The zero-order valence-corrected chi connectivity index (χ0v) is 23.8. The van der Waals surface area contributed by atoms with Crippen LogP contribution >= 0.6 is 0 Å². The second-order valence-electron chi connectivity index (χ2n) is 10.8. The Morgan fingerprint density at radius 2 is 1.74 bits per heavy atom. The van der Waals surface area contributed by atoms with E-state index in [0.717, 1.165) is 29.4 Å². The van der Waals surface area contributed by atoms with E-state index in [0.29, 0.717) is 55.1 Å². The number of benzene rings is 1. The van der Waals surface area contributed by atoms with Crippen molar-refractivity contribution < 1.29 is 23.7 Å². The van der Waals surface area contributed by atoms with Crippen molar-refractivity contribution in [1.29, 1.82) is 0 Å². The average molecular weight is 538 g/mol. The quantitative estimate of drug-likeness (QED) is 0.366. The molecule has 0 N–H and O–H groups in total. The third-order valence-electron chi connectivity index (χ3n) is 6.79. The molecule has 3 heterocycles. The Labute approximate surface area is 229 Å². The highest BCUT2D eigenvalue weighted by molar-refractivity contribution is 5.96. The van der Waals surface area contributed by atoms with Gasteiger partial charge in [-0.25, -0.2) is 4.79 Å². The molecule has 0 atom stereocenters. The molecule has 4 rings (SSSR count). The molecule has 0 spiro atoms. The van der Waals surface area contributed by atoms with Gasteiger partial charge in [-0.05, 0) is 56.3 Å². The van der Waals surface area contributed by atoms with E-state index in [9.17, 15) is 9.59 Å². The van der Waals surface area contributed by atoms with E-state index in [1.54, 1.807) is 36.1 Å². The lowest BCUT2D eigenvalue weighted by Crippen LogP contribution is -2.44. The third-order valence-corrected chi connectivity index (χ3v) is 6.79. The summed E-state index contributed by atoms with van der Waals surface area (Å²) in [7, 11) is 3.20. The SMILES string of the molecule is CCCCn1cc(-c2cc(OC)c(OC3CCN(C(=O)OC(C)(C)C)CC3)c(OC)c2)c2ccncc2c1=O. The first-order chi connectivity index (χ1) is 18.6. The summed E-state index contributed by atoms with van der Waals surface area (Å²) in [5.74, 6) is 1.59. The van der Waals surface area contributed by atoms with E-state index in [1.807, 2.05) is 45.2 Å². The number of aromatic nitrogens is 2. The smallest absolute Gasteiger partial charge is 0.410 e. The van der Waals surface area contributed by atoms with Crippen molar-refractivity contribution in [1.82, 2.24) is 14.5 Å². The van der Waals surface area contributed by atoms with Gasteiger partial charge < -0.3 is 28.4 Å². The monoisotopic (exact) mass is 537 g/mol. The van der Waals surface area contributed by atoms with Gasteiger partial charge in [0.15, 0.2) is 11.5 Å². The van der Waals surface area contributed by atoms with Crippen LogP contribution in [-0.2, 0) is 11.3 Å². The van der Waals surface area contributed by atoms with Gasteiger partial charge in [0.25, 0.3) is 5.56 Å². The fourth-order valence-corrected chi connectivity index (χ4v) is 4.76. The molecule has 1 aromatic carbocycles. The summed E-state index contributed by atoms with van der Waals surface area (Å²) in [6.45, 7) is 9.41. The number of unbranched alkanes of at least 4 members (excludes halogenated alkanes) is 1. The highest BCUT2D eigenvalue weighted by atomic mass is 16.6. The maximum Gasteiger partial charge on any atom is 0.410 e. The van der Waals surface area contributed by atoms with Crippen molar-refractivity contribution in [3.8, 4) is 28.4 Å². The molecule has 2 aromatic heterocycles. The number of carbonyl (C=O) groups excluding carboxylic acids is 1. The summed E-state index contributed by atoms with van der Waals surface area (Å²) in [4.78, 5) is 31.5. The molecule has 0 aliphatic carbocycles. The van der Waals surface area contributed by atoms with Crippen LogP contribution < -0.4 is 19.8 Å². The van der Waals surface area contributed by atoms with Gasteiger partial charge >= 0.3 is 6.09 Å². The minimum atomic E-state index is -0.530. The van der Waals surface area contributed by atoms with E-state index in [-0.39, 0.29) is 17.8 Å². The van der Waals surface area contributed by atoms with E-state index < -0.39 is 5.60 Å². The number of likely N-dealkylation sites (tertiary alicyclic amines) is 1. The molecule has 0 radical (unpaired) electrons. The van der Waals surface area contributed by atoms with Crippen LogP contribution in [0.4, 0.5) is 4.79 Å². The van der Waals surface area contributed by atoms with Gasteiger partial charge in [-0.1, -0.05) is 13.3 Å². The molecule has 9 nitrogen and oxygen atoms in total. The molecule has 1 amide bonds. The van der Waals surface area contributed by atoms with Crippen molar-refractivity contribution >= 4 is 16.9 Å². The van der Waals surface area contributed by atoms with Crippen LogP contribution in [0.25, 0.3) is 21.9 Å². The first-order valence-electron chi connectivity index (χ1n) is 13.5. The number of fused-ring (bicyclic) bond motifs is 1. The molecule has 9 heteroatoms. The summed E-state index contributed by atoms with van der Waals surface area (Å²) < 4.78 is 25.2. The van der Waals surface area contributed by atoms with Gasteiger partial charge in [0.2, 0.25) is 5.75 Å². The van der Waals surface area contributed by atoms with Crippen LogP contribution in [0.5, 0.6) is 17.2 Å². The maximum absolute atomic E-state index is 13.1. The first-order valence-corrected chi connectivity index (χ1v) is 13.5. The third kappa shape index (κ3) is 6.46. The van der Waals surface area contributed by atoms with Crippen LogP contribution in [-0.4, -0.2) is 59.6 Å². The molecule has 0 saturated carbocycles. The van der Waals surface area contributed by atoms with Gasteiger partial charge in [0.05, 0.1) is 19.6 Å². The maximum atomic E-state index is 13.1. The fraction of sp³-hybridized carbons (Fsp3) is 0.500. The Morgan fingerprint density at radius 1 is 1.08 bits per heavy atom. The molecule has 1 aliphatic rings. The topological polar surface area (TPSA) is 92.1 Å². The van der Waals surface area contributed by atoms with Gasteiger partial charge in [-0.3, -0.25) is 9.78 Å². The Balaban J connectivity index is 1.63. The predicted molar refractivity (Wildman–Crippen MR) is 151 cm³/mol. The molecular formula is C30H39N3O6. The van der Waals surface area contributed by atoms with Gasteiger partial charge in [-0.2, -0.15) is 0 Å². The summed E-state index contributed by atoms with van der Waals surface area (Å²) in [5, 5.41) is 1.39. The van der Waals surface area contributed by atoms with Crippen molar-refractivity contribution in [2.75, 3.05) is 27.3 Å². The minimum Gasteiger partial charge on any atom is -0.493 e. The zero-order valence-electron chi connectivity index (χ0n) is 23.8. The highest BCUT2D eigenvalue weighted by Crippen LogP contribution is 2.43. The van der Waals surface area contributed by atoms with Crippen LogP contribution in [0.1, 0.15) is 53.4 Å². The minimum absolute atomic E-state index is 0.0492. The van der Waals surface area contributed by atoms with Gasteiger partial charge in [0.1, 0.15) is 11.7 Å². The molecule has 1 saturated heterocycles. The van der Waals surface area contributed by atoms with Gasteiger partial charge in [0, 0.05) is 56.6 Å². The molecule has 210 valence electrons. The molecule has 39 heavy (non-hydrogen) atoms. The molecule has 1 aliphatic heterocycles. The van der Waals surface area contributed by atoms with Crippen LogP contribution in [0.3, 0.4) is 0 Å². The van der Waals surface area contributed by atoms with E-state index in [2.05, 4.69) is 11.9 Å². The van der Waals surface area contributed by atoms with Crippen LogP contribution in [0.15, 0.2) is 41.6 Å². The normalized spacial score (nSPS) is 14.4. The number of pyridine rings is 2. The van der Waals surface area contributed by atoms with E-state index >= 15 is 0 Å². The zero-order chi connectivity index (χ0) is 28.2. The van der Waals surface area contributed by atoms with Gasteiger partial charge in [-0.15, -0.1) is 0 Å².